The van der Waals surface area contributed by atoms with Crippen molar-refractivity contribution in [3.63, 3.8) is 0 Å². The van der Waals surface area contributed by atoms with Crippen molar-refractivity contribution in [2.75, 3.05) is 13.2 Å². The van der Waals surface area contributed by atoms with Gasteiger partial charge in [0.1, 0.15) is 0 Å². The molecule has 0 N–H and O–H groups in total. The van der Waals surface area contributed by atoms with Crippen molar-refractivity contribution in [2.45, 2.75) is 13.3 Å². The monoisotopic (exact) mass is 324 g/mol. The summed E-state index contributed by atoms with van der Waals surface area (Å²) in [5, 5.41) is 17.8. The molecule has 0 saturated heterocycles. The van der Waals surface area contributed by atoms with Gasteiger partial charge < -0.3 is 9.47 Å². The van der Waals surface area contributed by atoms with Crippen LogP contribution in [0.1, 0.15) is 30.0 Å². The number of nitriles is 2. The summed E-state index contributed by atoms with van der Waals surface area (Å²) < 4.78 is 9.81. The topological polar surface area (TPSA) is 100 Å². The van der Waals surface area contributed by atoms with Gasteiger partial charge in [0.05, 0.1) is 36.5 Å². The summed E-state index contributed by atoms with van der Waals surface area (Å²) in [5.41, 5.74) is 1.53. The average molecular weight is 324 g/mol. The summed E-state index contributed by atoms with van der Waals surface area (Å²) in [6.45, 7) is 5.24. The molecule has 0 bridgehead atoms. The lowest BCUT2D eigenvalue weighted by molar-refractivity contribution is -0.140. The minimum absolute atomic E-state index is 0.105. The van der Waals surface area contributed by atoms with Crippen molar-refractivity contribution in [3.8, 4) is 12.1 Å². The summed E-state index contributed by atoms with van der Waals surface area (Å²) in [5.74, 6) is -1.05. The number of carbonyl (C=O) groups is 2. The van der Waals surface area contributed by atoms with Crippen LogP contribution in [0.15, 0.2) is 36.4 Å². The van der Waals surface area contributed by atoms with Crippen LogP contribution in [0.4, 0.5) is 0 Å². The van der Waals surface area contributed by atoms with Crippen LogP contribution >= 0.6 is 0 Å². The molecule has 0 aliphatic carbocycles. The highest BCUT2D eigenvalue weighted by Gasteiger charge is 2.03. The zero-order chi connectivity index (χ0) is 17.9. The van der Waals surface area contributed by atoms with Crippen molar-refractivity contribution in [2.24, 2.45) is 0 Å². The molecule has 0 atom stereocenters. The van der Waals surface area contributed by atoms with E-state index in [9.17, 15) is 9.59 Å². The maximum absolute atomic E-state index is 11.6. The van der Waals surface area contributed by atoms with Gasteiger partial charge in [0.2, 0.25) is 0 Å². The average Bonchev–Trinajstić information content (AvgIpc) is 2.58. The first-order chi connectivity index (χ1) is 11.5. The molecule has 1 aromatic carbocycles. The van der Waals surface area contributed by atoms with Crippen LogP contribution in [0.2, 0.25) is 0 Å². The quantitative estimate of drug-likeness (QED) is 0.434. The third-order valence-electron chi connectivity index (χ3n) is 2.74. The van der Waals surface area contributed by atoms with Crippen LogP contribution in [0.5, 0.6) is 0 Å². The number of benzene rings is 1. The van der Waals surface area contributed by atoms with Crippen molar-refractivity contribution in [1.82, 2.24) is 0 Å². The second-order valence-electron chi connectivity index (χ2n) is 4.84. The Balaban J connectivity index is 2.44. The number of ether oxygens (including phenoxy) is 2. The number of esters is 2. The summed E-state index contributed by atoms with van der Waals surface area (Å²) in [6.07, 6.45) is 3.05. The molecule has 0 spiro atoms. The summed E-state index contributed by atoms with van der Waals surface area (Å²) in [4.78, 5) is 22.7. The van der Waals surface area contributed by atoms with Crippen LogP contribution in [0.3, 0.4) is 0 Å². The molecule has 0 radical (unpaired) electrons. The van der Waals surface area contributed by atoms with Crippen LogP contribution in [-0.4, -0.2) is 25.2 Å². The SMILES string of the molecule is C=C(C)C(=O)OCCCOC(=O)/C=C/c1cc(C#N)cc(C#N)c1. The first-order valence-corrected chi connectivity index (χ1v) is 7.09. The molecule has 0 heterocycles. The maximum atomic E-state index is 11.6. The fraction of sp³-hybridized carbons (Fsp3) is 0.222. The molecule has 0 amide bonds. The minimum atomic E-state index is -0.568. The molecule has 6 nitrogen and oxygen atoms in total. The van der Waals surface area contributed by atoms with Gasteiger partial charge in [-0.2, -0.15) is 10.5 Å². The predicted molar refractivity (Wildman–Crippen MR) is 86.3 cm³/mol. The Bertz CT molecular complexity index is 719. The van der Waals surface area contributed by atoms with Crippen molar-refractivity contribution < 1.29 is 19.1 Å². The zero-order valence-electron chi connectivity index (χ0n) is 13.2. The van der Waals surface area contributed by atoms with Crippen molar-refractivity contribution in [1.29, 1.82) is 10.5 Å². The van der Waals surface area contributed by atoms with Crippen LogP contribution in [0, 0.1) is 22.7 Å². The standard InChI is InChI=1S/C18H16N2O4/c1-13(2)18(22)24-7-3-6-23-17(21)5-4-14-8-15(11-19)10-16(9-14)12-20/h4-5,8-10H,1,3,6-7H2,2H3/b5-4+. The first-order valence-electron chi connectivity index (χ1n) is 7.09. The van der Waals surface area contributed by atoms with E-state index in [4.69, 9.17) is 20.0 Å². The van der Waals surface area contributed by atoms with E-state index in [0.717, 1.165) is 0 Å². The van der Waals surface area contributed by atoms with Gasteiger partial charge in [-0.1, -0.05) is 6.58 Å². The molecule has 0 aromatic heterocycles. The maximum Gasteiger partial charge on any atom is 0.333 e. The summed E-state index contributed by atoms with van der Waals surface area (Å²) in [7, 11) is 0. The van der Waals surface area contributed by atoms with Gasteiger partial charge >= 0.3 is 11.9 Å². The smallest absolute Gasteiger partial charge is 0.333 e. The van der Waals surface area contributed by atoms with Gasteiger partial charge in [-0.15, -0.1) is 0 Å². The predicted octanol–water partition coefficient (Wildman–Crippen LogP) is 2.50. The first kappa shape index (κ1) is 18.7. The third-order valence-corrected chi connectivity index (χ3v) is 2.74. The Morgan fingerprint density at radius 3 is 2.25 bits per heavy atom. The molecule has 6 heteroatoms. The molecule has 122 valence electrons. The Labute approximate surface area is 140 Å². The van der Waals surface area contributed by atoms with E-state index in [2.05, 4.69) is 6.58 Å². The van der Waals surface area contributed by atoms with Gasteiger partial charge in [0.15, 0.2) is 0 Å². The van der Waals surface area contributed by atoms with E-state index in [-0.39, 0.29) is 13.2 Å². The molecular formula is C18H16N2O4. The van der Waals surface area contributed by atoms with Gasteiger partial charge in [0, 0.05) is 18.1 Å². The lowest BCUT2D eigenvalue weighted by Crippen LogP contribution is -2.09. The van der Waals surface area contributed by atoms with E-state index in [1.807, 2.05) is 12.1 Å². The lowest BCUT2D eigenvalue weighted by atomic mass is 10.1. The number of hydrogen-bond acceptors (Lipinski definition) is 6. The Morgan fingerprint density at radius 1 is 1.12 bits per heavy atom. The number of rotatable bonds is 7. The Morgan fingerprint density at radius 2 is 1.71 bits per heavy atom. The molecule has 24 heavy (non-hydrogen) atoms. The van der Waals surface area contributed by atoms with E-state index >= 15 is 0 Å². The van der Waals surface area contributed by atoms with Gasteiger partial charge in [0.25, 0.3) is 0 Å². The molecule has 0 fully saturated rings. The molecule has 0 aliphatic rings. The van der Waals surface area contributed by atoms with Crippen LogP contribution < -0.4 is 0 Å². The van der Waals surface area contributed by atoms with E-state index in [1.165, 1.54) is 18.2 Å². The summed E-state index contributed by atoms with van der Waals surface area (Å²) >= 11 is 0. The molecule has 0 unspecified atom stereocenters. The number of hydrogen-bond donors (Lipinski definition) is 0. The third kappa shape index (κ3) is 6.59. The van der Waals surface area contributed by atoms with Gasteiger partial charge in [-0.3, -0.25) is 0 Å². The molecular weight excluding hydrogens is 308 g/mol. The molecule has 0 aliphatic heterocycles. The second-order valence-corrected chi connectivity index (χ2v) is 4.84. The van der Waals surface area contributed by atoms with Crippen LogP contribution in [-0.2, 0) is 19.1 Å². The highest BCUT2D eigenvalue weighted by molar-refractivity contribution is 5.87. The number of nitrogens with zero attached hydrogens (tertiary/aromatic N) is 2. The second kappa shape index (κ2) is 9.60. The Kier molecular flexibility index (Phi) is 7.47. The highest BCUT2D eigenvalue weighted by Crippen LogP contribution is 2.11. The fourth-order valence-corrected chi connectivity index (χ4v) is 1.61. The normalized spacial score (nSPS) is 9.79. The molecule has 0 saturated carbocycles. The van der Waals surface area contributed by atoms with Crippen molar-refractivity contribution in [3.05, 3.63) is 53.1 Å². The van der Waals surface area contributed by atoms with Crippen LogP contribution in [0.25, 0.3) is 6.08 Å². The van der Waals surface area contributed by atoms with E-state index in [1.54, 1.807) is 19.1 Å². The largest absolute Gasteiger partial charge is 0.462 e. The van der Waals surface area contributed by atoms with E-state index < -0.39 is 11.9 Å². The van der Waals surface area contributed by atoms with Gasteiger partial charge in [-0.05, 0) is 36.8 Å². The molecule has 1 rings (SSSR count). The van der Waals surface area contributed by atoms with E-state index in [0.29, 0.717) is 28.7 Å². The van der Waals surface area contributed by atoms with Crippen molar-refractivity contribution >= 4 is 18.0 Å². The summed E-state index contributed by atoms with van der Waals surface area (Å²) in [6, 6.07) is 8.47. The molecule has 1 aromatic rings. The fourth-order valence-electron chi connectivity index (χ4n) is 1.61. The lowest BCUT2D eigenvalue weighted by Gasteiger charge is -2.04. The Hall–Kier alpha value is -3.38. The minimum Gasteiger partial charge on any atom is -0.462 e. The number of carbonyl (C=O) groups excluding carboxylic acids is 2. The van der Waals surface area contributed by atoms with Gasteiger partial charge in [-0.25, -0.2) is 9.59 Å². The highest BCUT2D eigenvalue weighted by atomic mass is 16.5. The zero-order valence-corrected chi connectivity index (χ0v) is 13.2.